The minimum atomic E-state index is -0.234. The van der Waals surface area contributed by atoms with E-state index in [-0.39, 0.29) is 28.9 Å². The van der Waals surface area contributed by atoms with E-state index in [9.17, 15) is 9.59 Å². The van der Waals surface area contributed by atoms with Gasteiger partial charge in [-0.25, -0.2) is 0 Å². The quantitative estimate of drug-likeness (QED) is 0.615. The van der Waals surface area contributed by atoms with Gasteiger partial charge in [-0.05, 0) is 19.3 Å². The van der Waals surface area contributed by atoms with Crippen LogP contribution in [-0.4, -0.2) is 23.5 Å². The molecule has 1 amide bonds. The fourth-order valence-corrected chi connectivity index (χ4v) is 2.96. The highest BCUT2D eigenvalue weighted by Crippen LogP contribution is 2.69. The van der Waals surface area contributed by atoms with E-state index < -0.39 is 0 Å². The summed E-state index contributed by atoms with van der Waals surface area (Å²) in [5.74, 6) is -0.112. The van der Waals surface area contributed by atoms with Crippen molar-refractivity contribution >= 4 is 11.9 Å². The summed E-state index contributed by atoms with van der Waals surface area (Å²) in [6.45, 7) is 1.43. The molecule has 76 valence electrons. The second kappa shape index (κ2) is 2.12. The largest absolute Gasteiger partial charge is 0.462 e. The van der Waals surface area contributed by atoms with Crippen molar-refractivity contribution in [2.45, 2.75) is 44.2 Å². The molecule has 4 heteroatoms. The molecule has 2 saturated carbocycles. The summed E-state index contributed by atoms with van der Waals surface area (Å²) in [6.07, 6.45) is 3.50. The number of nitrogens with one attached hydrogen (secondary N) is 1. The maximum Gasteiger partial charge on any atom is 0.302 e. The molecular weight excluding hydrogens is 182 g/mol. The van der Waals surface area contributed by atoms with Crippen molar-refractivity contribution in [3.05, 3.63) is 0 Å². The third kappa shape index (κ3) is 0.837. The topological polar surface area (TPSA) is 55.4 Å². The van der Waals surface area contributed by atoms with Crippen molar-refractivity contribution in [2.24, 2.45) is 5.41 Å². The lowest BCUT2D eigenvalue weighted by Gasteiger charge is -2.16. The van der Waals surface area contributed by atoms with Crippen LogP contribution in [0, 0.1) is 5.41 Å². The highest BCUT2D eigenvalue weighted by Gasteiger charge is 2.77. The van der Waals surface area contributed by atoms with Crippen LogP contribution in [0.15, 0.2) is 0 Å². The first-order valence-electron chi connectivity index (χ1n) is 5.06. The van der Waals surface area contributed by atoms with Gasteiger partial charge in [0.25, 0.3) is 0 Å². The summed E-state index contributed by atoms with van der Waals surface area (Å²) in [7, 11) is 0. The molecule has 3 aliphatic rings. The van der Waals surface area contributed by atoms with Gasteiger partial charge in [-0.1, -0.05) is 0 Å². The summed E-state index contributed by atoms with van der Waals surface area (Å²) >= 11 is 0. The van der Waals surface area contributed by atoms with Crippen LogP contribution < -0.4 is 5.32 Å². The Bertz CT molecular complexity index is 334. The first kappa shape index (κ1) is 8.26. The monoisotopic (exact) mass is 195 g/mol. The SMILES string of the molecule is CC(=O)OC1C[C@@]12CC(=O)NC21CC1. The fourth-order valence-electron chi connectivity index (χ4n) is 2.96. The van der Waals surface area contributed by atoms with Gasteiger partial charge in [0.1, 0.15) is 6.10 Å². The molecule has 14 heavy (non-hydrogen) atoms. The van der Waals surface area contributed by atoms with Gasteiger partial charge in [0.05, 0.1) is 0 Å². The molecule has 0 radical (unpaired) electrons. The molecule has 4 nitrogen and oxygen atoms in total. The van der Waals surface area contributed by atoms with E-state index in [1.54, 1.807) is 0 Å². The predicted molar refractivity (Wildman–Crippen MR) is 47.3 cm³/mol. The molecule has 0 aromatic heterocycles. The minimum absolute atomic E-state index is 0.00417. The Kier molecular flexibility index (Phi) is 1.25. The molecule has 0 aromatic carbocycles. The maximum atomic E-state index is 11.3. The number of amides is 1. The van der Waals surface area contributed by atoms with Crippen LogP contribution in [0.4, 0.5) is 0 Å². The van der Waals surface area contributed by atoms with Crippen LogP contribution in [0.5, 0.6) is 0 Å². The average molecular weight is 195 g/mol. The molecule has 1 aliphatic heterocycles. The summed E-state index contributed by atoms with van der Waals surface area (Å²) in [5.41, 5.74) is -0.0278. The van der Waals surface area contributed by atoms with E-state index in [1.165, 1.54) is 6.92 Å². The van der Waals surface area contributed by atoms with Gasteiger partial charge in [0.15, 0.2) is 0 Å². The molecule has 1 heterocycles. The standard InChI is InChI=1S/C10H13NO3/c1-6(12)14-7-4-9(7)5-8(13)11-10(9)2-3-10/h7H,2-5H2,1H3,(H,11,13)/t7?,9-/m1/s1. The Morgan fingerprint density at radius 3 is 2.86 bits per heavy atom. The van der Waals surface area contributed by atoms with E-state index in [1.807, 2.05) is 0 Å². The van der Waals surface area contributed by atoms with Crippen LogP contribution in [-0.2, 0) is 14.3 Å². The Hall–Kier alpha value is -1.06. The van der Waals surface area contributed by atoms with E-state index >= 15 is 0 Å². The molecule has 2 atom stereocenters. The zero-order valence-corrected chi connectivity index (χ0v) is 8.13. The number of esters is 1. The molecule has 0 bridgehead atoms. The summed E-state index contributed by atoms with van der Waals surface area (Å²) in [4.78, 5) is 22.2. The normalized spacial score (nSPS) is 41.2. The van der Waals surface area contributed by atoms with E-state index in [2.05, 4.69) is 5.32 Å². The van der Waals surface area contributed by atoms with Gasteiger partial charge >= 0.3 is 5.97 Å². The van der Waals surface area contributed by atoms with Crippen molar-refractivity contribution in [1.29, 1.82) is 0 Å². The molecule has 1 saturated heterocycles. The summed E-state index contributed by atoms with van der Waals surface area (Å²) < 4.78 is 5.19. The highest BCUT2D eigenvalue weighted by molar-refractivity contribution is 5.83. The lowest BCUT2D eigenvalue weighted by molar-refractivity contribution is -0.143. The highest BCUT2D eigenvalue weighted by atomic mass is 16.5. The third-order valence-electron chi connectivity index (χ3n) is 3.87. The molecule has 3 rings (SSSR count). The van der Waals surface area contributed by atoms with Crippen LogP contribution in [0.1, 0.15) is 32.6 Å². The maximum absolute atomic E-state index is 11.3. The van der Waals surface area contributed by atoms with Gasteiger partial charge in [-0.15, -0.1) is 0 Å². The second-order valence-corrected chi connectivity index (χ2v) is 4.77. The second-order valence-electron chi connectivity index (χ2n) is 4.77. The third-order valence-corrected chi connectivity index (χ3v) is 3.87. The molecule has 1 unspecified atom stereocenters. The first-order chi connectivity index (χ1) is 6.58. The van der Waals surface area contributed by atoms with E-state index in [0.29, 0.717) is 6.42 Å². The Morgan fingerprint density at radius 2 is 2.29 bits per heavy atom. The minimum Gasteiger partial charge on any atom is -0.462 e. The number of carbonyl (C=O) groups is 2. The Morgan fingerprint density at radius 1 is 1.57 bits per heavy atom. The zero-order chi connectivity index (χ0) is 9.97. The van der Waals surface area contributed by atoms with E-state index in [0.717, 1.165) is 19.3 Å². The van der Waals surface area contributed by atoms with Crippen molar-refractivity contribution in [3.8, 4) is 0 Å². The zero-order valence-electron chi connectivity index (χ0n) is 8.13. The predicted octanol–water partition coefficient (Wildman–Crippen LogP) is 0.361. The number of hydrogen-bond acceptors (Lipinski definition) is 3. The van der Waals surface area contributed by atoms with Crippen LogP contribution in [0.25, 0.3) is 0 Å². The molecule has 3 fully saturated rings. The average Bonchev–Trinajstić information content (AvgIpc) is 2.87. The number of ether oxygens (including phenoxy) is 1. The van der Waals surface area contributed by atoms with Crippen LogP contribution >= 0.6 is 0 Å². The van der Waals surface area contributed by atoms with Crippen molar-refractivity contribution in [1.82, 2.24) is 5.32 Å². The van der Waals surface area contributed by atoms with Gasteiger partial charge in [-0.2, -0.15) is 0 Å². The Balaban J connectivity index is 1.80. The summed E-state index contributed by atoms with van der Waals surface area (Å²) in [6, 6.07) is 0. The van der Waals surface area contributed by atoms with Crippen molar-refractivity contribution in [3.63, 3.8) is 0 Å². The summed E-state index contributed by atoms with van der Waals surface area (Å²) in [5, 5.41) is 3.03. The lowest BCUT2D eigenvalue weighted by Crippen LogP contribution is -2.34. The smallest absolute Gasteiger partial charge is 0.302 e. The molecule has 2 aliphatic carbocycles. The van der Waals surface area contributed by atoms with Gasteiger partial charge in [-0.3, -0.25) is 9.59 Å². The molecule has 0 aromatic rings. The Labute approximate surface area is 82.0 Å². The van der Waals surface area contributed by atoms with Crippen molar-refractivity contribution in [2.75, 3.05) is 0 Å². The van der Waals surface area contributed by atoms with Gasteiger partial charge in [0, 0.05) is 24.3 Å². The number of fused-ring (bicyclic) bond motifs is 1. The van der Waals surface area contributed by atoms with Crippen molar-refractivity contribution < 1.29 is 14.3 Å². The number of carbonyl (C=O) groups excluding carboxylic acids is 2. The molecule has 1 N–H and O–H groups in total. The van der Waals surface area contributed by atoms with Gasteiger partial charge in [0.2, 0.25) is 5.91 Å². The van der Waals surface area contributed by atoms with Crippen LogP contribution in [0.2, 0.25) is 0 Å². The molecular formula is C10H13NO3. The van der Waals surface area contributed by atoms with E-state index in [4.69, 9.17) is 4.74 Å². The first-order valence-corrected chi connectivity index (χ1v) is 5.06. The fraction of sp³-hybridized carbons (Fsp3) is 0.800. The molecule has 2 spiro atoms. The van der Waals surface area contributed by atoms with Gasteiger partial charge < -0.3 is 10.1 Å². The van der Waals surface area contributed by atoms with Crippen LogP contribution in [0.3, 0.4) is 0 Å². The number of rotatable bonds is 1. The number of hydrogen-bond donors (Lipinski definition) is 1. The lowest BCUT2D eigenvalue weighted by atomic mass is 9.94.